The highest BCUT2D eigenvalue weighted by atomic mass is 79.9. The van der Waals surface area contributed by atoms with Crippen LogP contribution in [0, 0.1) is 6.92 Å². The zero-order valence-electron chi connectivity index (χ0n) is 13.3. The monoisotopic (exact) mass is 377 g/mol. The van der Waals surface area contributed by atoms with Crippen LogP contribution in [0.1, 0.15) is 42.7 Å². The van der Waals surface area contributed by atoms with E-state index in [2.05, 4.69) is 58.4 Å². The molecule has 0 spiro atoms. The Morgan fingerprint density at radius 3 is 2.77 bits per heavy atom. The van der Waals surface area contributed by atoms with Crippen LogP contribution in [0.4, 0.5) is 5.69 Å². The van der Waals surface area contributed by atoms with Gasteiger partial charge in [-0.3, -0.25) is 4.68 Å². The van der Waals surface area contributed by atoms with Crippen LogP contribution < -0.4 is 5.32 Å². The summed E-state index contributed by atoms with van der Waals surface area (Å²) in [5, 5.41) is 7.85. The van der Waals surface area contributed by atoms with E-state index in [1.807, 2.05) is 14.0 Å². The Balaban J connectivity index is 1.95. The maximum Gasteiger partial charge on any atom is 0.115 e. The topological polar surface area (TPSA) is 29.9 Å². The van der Waals surface area contributed by atoms with Gasteiger partial charge in [-0.2, -0.15) is 5.10 Å². The number of benzene rings is 1. The summed E-state index contributed by atoms with van der Waals surface area (Å²) in [7, 11) is 1.91. The van der Waals surface area contributed by atoms with Crippen molar-refractivity contribution in [3.63, 3.8) is 0 Å². The SMILES string of the molecule is Cc1nn(C)c(Br)c1C(=S)Nc1cccc2c1CCC2(C)C. The van der Waals surface area contributed by atoms with Gasteiger partial charge in [-0.25, -0.2) is 0 Å². The minimum absolute atomic E-state index is 0.249. The van der Waals surface area contributed by atoms with E-state index in [1.165, 1.54) is 17.5 Å². The third-order valence-electron chi connectivity index (χ3n) is 4.53. The predicted molar refractivity (Wildman–Crippen MR) is 98.8 cm³/mol. The van der Waals surface area contributed by atoms with Crippen molar-refractivity contribution in [1.29, 1.82) is 0 Å². The number of aromatic nitrogens is 2. The van der Waals surface area contributed by atoms with E-state index in [-0.39, 0.29) is 5.41 Å². The molecule has 1 aromatic heterocycles. The number of halogens is 1. The molecule has 1 aliphatic carbocycles. The second kappa shape index (κ2) is 5.46. The molecule has 3 nitrogen and oxygen atoms in total. The van der Waals surface area contributed by atoms with Crippen LogP contribution in [0.5, 0.6) is 0 Å². The summed E-state index contributed by atoms with van der Waals surface area (Å²) in [5.41, 5.74) is 6.10. The van der Waals surface area contributed by atoms with Crippen LogP contribution >= 0.6 is 28.1 Å². The Morgan fingerprint density at radius 1 is 1.41 bits per heavy atom. The first-order valence-electron chi connectivity index (χ1n) is 7.44. The lowest BCUT2D eigenvalue weighted by Gasteiger charge is -2.19. The van der Waals surface area contributed by atoms with E-state index in [1.54, 1.807) is 4.68 Å². The van der Waals surface area contributed by atoms with Gasteiger partial charge in [0, 0.05) is 12.7 Å². The second-order valence-corrected chi connectivity index (χ2v) is 7.70. The fourth-order valence-corrected chi connectivity index (χ4v) is 4.30. The maximum atomic E-state index is 5.62. The molecular formula is C17H20BrN3S. The summed E-state index contributed by atoms with van der Waals surface area (Å²) in [6, 6.07) is 6.47. The molecule has 0 unspecified atom stereocenters. The molecule has 0 saturated heterocycles. The third kappa shape index (κ3) is 2.50. The van der Waals surface area contributed by atoms with Crippen molar-refractivity contribution in [2.45, 2.75) is 39.0 Å². The van der Waals surface area contributed by atoms with Crippen LogP contribution in [0.15, 0.2) is 22.8 Å². The number of nitrogens with one attached hydrogen (secondary N) is 1. The van der Waals surface area contributed by atoms with E-state index in [0.29, 0.717) is 0 Å². The third-order valence-corrected chi connectivity index (χ3v) is 5.75. The fourth-order valence-electron chi connectivity index (χ4n) is 3.25. The van der Waals surface area contributed by atoms with Crippen LogP contribution in [0.25, 0.3) is 0 Å². The Kier molecular flexibility index (Phi) is 3.89. The molecule has 1 aliphatic rings. The summed E-state index contributed by atoms with van der Waals surface area (Å²) in [4.78, 5) is 0.718. The molecule has 0 bridgehead atoms. The minimum atomic E-state index is 0.249. The van der Waals surface area contributed by atoms with Gasteiger partial charge in [-0.15, -0.1) is 0 Å². The quantitative estimate of drug-likeness (QED) is 0.781. The first-order chi connectivity index (χ1) is 10.3. The molecule has 0 fully saturated rings. The second-order valence-electron chi connectivity index (χ2n) is 6.54. The number of fused-ring (bicyclic) bond motifs is 1. The first kappa shape index (κ1) is 15.7. The van der Waals surface area contributed by atoms with Crippen LogP contribution in [0.2, 0.25) is 0 Å². The lowest BCUT2D eigenvalue weighted by molar-refractivity contribution is 0.522. The van der Waals surface area contributed by atoms with Crippen molar-refractivity contribution in [2.75, 3.05) is 5.32 Å². The molecule has 1 aromatic carbocycles. The molecule has 5 heteroatoms. The van der Waals surface area contributed by atoms with Crippen molar-refractivity contribution in [3.05, 3.63) is 45.2 Å². The lowest BCUT2D eigenvalue weighted by atomic mass is 9.86. The van der Waals surface area contributed by atoms with Crippen molar-refractivity contribution in [2.24, 2.45) is 7.05 Å². The van der Waals surface area contributed by atoms with Crippen LogP contribution in [-0.4, -0.2) is 14.8 Å². The van der Waals surface area contributed by atoms with Gasteiger partial charge < -0.3 is 5.32 Å². The molecule has 0 saturated carbocycles. The summed E-state index contributed by atoms with van der Waals surface area (Å²) >= 11 is 9.19. The molecule has 0 aliphatic heterocycles. The minimum Gasteiger partial charge on any atom is -0.346 e. The Bertz CT molecular complexity index is 762. The van der Waals surface area contributed by atoms with E-state index >= 15 is 0 Å². The average molecular weight is 378 g/mol. The van der Waals surface area contributed by atoms with Gasteiger partial charge >= 0.3 is 0 Å². The maximum absolute atomic E-state index is 5.62. The summed E-state index contributed by atoms with van der Waals surface area (Å²) < 4.78 is 2.72. The van der Waals surface area contributed by atoms with Gasteiger partial charge in [0.15, 0.2) is 0 Å². The molecule has 3 rings (SSSR count). The molecule has 0 amide bonds. The Labute approximate surface area is 145 Å². The van der Waals surface area contributed by atoms with Crippen molar-refractivity contribution in [3.8, 4) is 0 Å². The number of rotatable bonds is 2. The van der Waals surface area contributed by atoms with Gasteiger partial charge in [0.05, 0.1) is 11.3 Å². The number of aryl methyl sites for hydroxylation is 2. The van der Waals surface area contributed by atoms with Gasteiger partial charge in [-0.1, -0.05) is 38.2 Å². The molecule has 116 valence electrons. The predicted octanol–water partition coefficient (Wildman–Crippen LogP) is 4.50. The first-order valence-corrected chi connectivity index (χ1v) is 8.64. The highest BCUT2D eigenvalue weighted by Crippen LogP contribution is 2.41. The van der Waals surface area contributed by atoms with Crippen molar-refractivity contribution in [1.82, 2.24) is 9.78 Å². The molecule has 1 heterocycles. The van der Waals surface area contributed by atoms with Crippen LogP contribution in [-0.2, 0) is 18.9 Å². The summed E-state index contributed by atoms with van der Waals surface area (Å²) in [6.07, 6.45) is 2.28. The highest BCUT2D eigenvalue weighted by molar-refractivity contribution is 9.10. The van der Waals surface area contributed by atoms with Gasteiger partial charge in [0.2, 0.25) is 0 Å². The normalized spacial score (nSPS) is 15.7. The number of anilines is 1. The molecule has 2 aromatic rings. The Morgan fingerprint density at radius 2 is 2.14 bits per heavy atom. The van der Waals surface area contributed by atoms with E-state index in [9.17, 15) is 0 Å². The number of hydrogen-bond donors (Lipinski definition) is 1. The highest BCUT2D eigenvalue weighted by Gasteiger charge is 2.31. The fraction of sp³-hybridized carbons (Fsp3) is 0.412. The van der Waals surface area contributed by atoms with Gasteiger partial charge in [0.25, 0.3) is 0 Å². The van der Waals surface area contributed by atoms with Crippen molar-refractivity contribution < 1.29 is 0 Å². The molecule has 0 radical (unpaired) electrons. The Hall–Kier alpha value is -1.20. The molecule has 22 heavy (non-hydrogen) atoms. The van der Waals surface area contributed by atoms with Crippen LogP contribution in [0.3, 0.4) is 0 Å². The summed E-state index contributed by atoms with van der Waals surface area (Å²) in [5.74, 6) is 0. The summed E-state index contributed by atoms with van der Waals surface area (Å²) in [6.45, 7) is 6.60. The zero-order chi connectivity index (χ0) is 16.1. The largest absolute Gasteiger partial charge is 0.346 e. The van der Waals surface area contributed by atoms with Gasteiger partial charge in [-0.05, 0) is 58.3 Å². The molecule has 0 atom stereocenters. The number of nitrogens with zero attached hydrogens (tertiary/aromatic N) is 2. The molecule has 1 N–H and O–H groups in total. The van der Waals surface area contributed by atoms with Crippen molar-refractivity contribution >= 4 is 38.8 Å². The lowest BCUT2D eigenvalue weighted by Crippen LogP contribution is -2.14. The molecular weight excluding hydrogens is 358 g/mol. The van der Waals surface area contributed by atoms with E-state index in [4.69, 9.17) is 12.2 Å². The number of hydrogen-bond acceptors (Lipinski definition) is 2. The standard InChI is InChI=1S/C17H20BrN3S/c1-10-14(15(18)21(4)20-10)16(22)19-13-7-5-6-12-11(13)8-9-17(12,2)3/h5-7H,8-9H2,1-4H3,(H,19,22). The average Bonchev–Trinajstić information content (AvgIpc) is 2.88. The zero-order valence-corrected chi connectivity index (χ0v) is 15.7. The van der Waals surface area contributed by atoms with Gasteiger partial charge in [0.1, 0.15) is 9.59 Å². The van der Waals surface area contributed by atoms with E-state index in [0.717, 1.165) is 33.0 Å². The van der Waals surface area contributed by atoms with E-state index < -0.39 is 0 Å². The number of thiocarbonyl (C=S) groups is 1. The smallest absolute Gasteiger partial charge is 0.115 e.